The molecule has 222 valence electrons. The largest absolute Gasteiger partial charge is 0.350 e. The van der Waals surface area contributed by atoms with E-state index in [-0.39, 0.29) is 19.5 Å². The van der Waals surface area contributed by atoms with Crippen LogP contribution in [0.2, 0.25) is 0 Å². The van der Waals surface area contributed by atoms with E-state index in [1.165, 1.54) is 0 Å². The molecule has 0 spiro atoms. The van der Waals surface area contributed by atoms with E-state index in [0.717, 1.165) is 39.2 Å². The fraction of sp³-hybridized carbons (Fsp3) is 0.171. The highest BCUT2D eigenvalue weighted by atomic mass is 31.2. The predicted molar refractivity (Wildman–Crippen MR) is 174 cm³/mol. The van der Waals surface area contributed by atoms with Gasteiger partial charge in [0.05, 0.1) is 24.8 Å². The molecule has 0 amide bonds. The zero-order chi connectivity index (χ0) is 30.9. The van der Waals surface area contributed by atoms with Gasteiger partial charge in [-0.15, -0.1) is 0 Å². The van der Waals surface area contributed by atoms with E-state index in [2.05, 4.69) is 35.4 Å². The molecule has 0 saturated heterocycles. The van der Waals surface area contributed by atoms with Crippen LogP contribution in [0.5, 0.6) is 0 Å². The number of anilines is 4. The van der Waals surface area contributed by atoms with Crippen molar-refractivity contribution in [1.82, 2.24) is 9.97 Å². The quantitative estimate of drug-likeness (QED) is 0.141. The van der Waals surface area contributed by atoms with Crippen LogP contribution in [-0.4, -0.2) is 16.3 Å². The summed E-state index contributed by atoms with van der Waals surface area (Å²) in [5, 5.41) is 12.3. The van der Waals surface area contributed by atoms with Crippen molar-refractivity contribution in [3.8, 4) is 6.07 Å². The standard InChI is InChI=1S/C35H34N5O3P/c1-26-20-27(2)34(28(3)21-26)40(33-18-19-37-35(39-33)38-32-16-14-29(22-36)15-17-32)25-44(41,42-23-30-10-6-4-7-11-30)43-24-31-12-8-5-9-13-31/h4-21H,23-25H2,1-3H3,(H,37,38,39). The van der Waals surface area contributed by atoms with Crippen LogP contribution in [0.15, 0.2) is 109 Å². The smallest absolute Gasteiger partial charge is 0.324 e. The third kappa shape index (κ3) is 7.97. The van der Waals surface area contributed by atoms with E-state index in [4.69, 9.17) is 19.3 Å². The minimum Gasteiger partial charge on any atom is -0.324 e. The van der Waals surface area contributed by atoms with Gasteiger partial charge in [0.1, 0.15) is 12.1 Å². The van der Waals surface area contributed by atoms with E-state index >= 15 is 0 Å². The lowest BCUT2D eigenvalue weighted by molar-refractivity contribution is 0.191. The molecule has 0 aliphatic carbocycles. The second-order valence-electron chi connectivity index (χ2n) is 10.5. The molecule has 0 fully saturated rings. The molecule has 0 aliphatic rings. The normalized spacial score (nSPS) is 11.1. The van der Waals surface area contributed by atoms with Crippen molar-refractivity contribution in [2.45, 2.75) is 34.0 Å². The molecule has 5 aromatic rings. The first-order valence-corrected chi connectivity index (χ1v) is 16.0. The van der Waals surface area contributed by atoms with E-state index < -0.39 is 7.60 Å². The molecule has 0 aliphatic heterocycles. The molecule has 9 heteroatoms. The molecule has 1 aromatic heterocycles. The number of aryl methyl sites for hydroxylation is 3. The summed E-state index contributed by atoms with van der Waals surface area (Å²) in [5.41, 5.74) is 7.06. The fourth-order valence-corrected chi connectivity index (χ4v) is 6.52. The molecule has 5 rings (SSSR count). The average Bonchev–Trinajstić information content (AvgIpc) is 3.03. The molecule has 0 bridgehead atoms. The van der Waals surface area contributed by atoms with Gasteiger partial charge in [-0.2, -0.15) is 10.2 Å². The van der Waals surface area contributed by atoms with Crippen molar-refractivity contribution in [1.29, 1.82) is 5.26 Å². The lowest BCUT2D eigenvalue weighted by Gasteiger charge is -2.31. The number of rotatable bonds is 12. The Kier molecular flexibility index (Phi) is 9.83. The van der Waals surface area contributed by atoms with Gasteiger partial charge in [-0.25, -0.2) is 4.98 Å². The molecule has 0 unspecified atom stereocenters. The van der Waals surface area contributed by atoms with Crippen LogP contribution in [0, 0.1) is 32.1 Å². The van der Waals surface area contributed by atoms with E-state index in [1.807, 2.05) is 79.4 Å². The van der Waals surface area contributed by atoms with Gasteiger partial charge in [-0.1, -0.05) is 78.4 Å². The summed E-state index contributed by atoms with van der Waals surface area (Å²) in [6.07, 6.45) is 1.57. The highest BCUT2D eigenvalue weighted by Gasteiger charge is 2.32. The Balaban J connectivity index is 1.52. The fourth-order valence-electron chi connectivity index (χ4n) is 4.96. The Morgan fingerprint density at radius 2 is 1.39 bits per heavy atom. The van der Waals surface area contributed by atoms with E-state index in [0.29, 0.717) is 17.3 Å². The lowest BCUT2D eigenvalue weighted by atomic mass is 10.0. The highest BCUT2D eigenvalue weighted by molar-refractivity contribution is 7.53. The topological polar surface area (TPSA) is 100 Å². The first-order valence-electron chi connectivity index (χ1n) is 14.2. The van der Waals surface area contributed by atoms with E-state index in [9.17, 15) is 4.57 Å². The minimum atomic E-state index is -3.77. The van der Waals surface area contributed by atoms with Gasteiger partial charge in [0.25, 0.3) is 0 Å². The molecular weight excluding hydrogens is 569 g/mol. The molecule has 1 N–H and O–H groups in total. The Morgan fingerprint density at radius 1 is 0.818 bits per heavy atom. The summed E-state index contributed by atoms with van der Waals surface area (Å²) < 4.78 is 27.0. The van der Waals surface area contributed by atoms with Gasteiger partial charge in [-0.05, 0) is 73.4 Å². The summed E-state index contributed by atoms with van der Waals surface area (Å²) in [6.45, 7) is 6.36. The Bertz CT molecular complexity index is 1720. The van der Waals surface area contributed by atoms with Crippen LogP contribution >= 0.6 is 7.60 Å². The lowest BCUT2D eigenvalue weighted by Crippen LogP contribution is -2.24. The number of hydrogen-bond acceptors (Lipinski definition) is 8. The molecule has 4 aromatic carbocycles. The third-order valence-corrected chi connectivity index (χ3v) is 8.62. The first-order chi connectivity index (χ1) is 21.3. The number of nitriles is 1. The van der Waals surface area contributed by atoms with Gasteiger partial charge >= 0.3 is 7.60 Å². The number of nitrogens with zero attached hydrogens (tertiary/aromatic N) is 4. The van der Waals surface area contributed by atoms with Crippen LogP contribution in [0.1, 0.15) is 33.4 Å². The van der Waals surface area contributed by atoms with Gasteiger partial charge in [0.2, 0.25) is 5.95 Å². The summed E-state index contributed by atoms with van der Waals surface area (Å²) in [4.78, 5) is 11.1. The second kappa shape index (κ2) is 14.1. The SMILES string of the molecule is Cc1cc(C)c(N(CP(=O)(OCc2ccccc2)OCc2ccccc2)c2ccnc(Nc3ccc(C#N)cc3)n2)c(C)c1. The monoisotopic (exact) mass is 603 g/mol. The van der Waals surface area contributed by atoms with Gasteiger partial charge < -0.3 is 19.3 Å². The molecular formula is C35H34N5O3P. The van der Waals surface area contributed by atoms with Crippen LogP contribution in [0.25, 0.3) is 0 Å². The maximum atomic E-state index is 14.7. The highest BCUT2D eigenvalue weighted by Crippen LogP contribution is 2.52. The number of hydrogen-bond donors (Lipinski definition) is 1. The molecule has 8 nitrogen and oxygen atoms in total. The van der Waals surface area contributed by atoms with Crippen molar-refractivity contribution in [3.63, 3.8) is 0 Å². The predicted octanol–water partition coefficient (Wildman–Crippen LogP) is 8.74. The first kappa shape index (κ1) is 30.7. The maximum Gasteiger partial charge on any atom is 0.350 e. The van der Waals surface area contributed by atoms with Gasteiger partial charge in [0.15, 0.2) is 0 Å². The van der Waals surface area contributed by atoms with Gasteiger partial charge in [0, 0.05) is 17.6 Å². The molecule has 1 heterocycles. The molecule has 0 saturated carbocycles. The summed E-state index contributed by atoms with van der Waals surface area (Å²) in [7, 11) is -3.77. The van der Waals surface area contributed by atoms with Crippen LogP contribution in [0.3, 0.4) is 0 Å². The second-order valence-corrected chi connectivity index (χ2v) is 12.5. The molecule has 44 heavy (non-hydrogen) atoms. The van der Waals surface area contributed by atoms with Crippen molar-refractivity contribution in [2.75, 3.05) is 16.5 Å². The third-order valence-electron chi connectivity index (χ3n) is 6.95. The van der Waals surface area contributed by atoms with Crippen LogP contribution in [0.4, 0.5) is 23.1 Å². The summed E-state index contributed by atoms with van der Waals surface area (Å²) >= 11 is 0. The maximum absolute atomic E-state index is 14.7. The van der Waals surface area contributed by atoms with Crippen molar-refractivity contribution < 1.29 is 13.6 Å². The van der Waals surface area contributed by atoms with E-state index in [1.54, 1.807) is 36.5 Å². The number of aromatic nitrogens is 2. The van der Waals surface area contributed by atoms with Crippen molar-refractivity contribution in [2.24, 2.45) is 0 Å². The zero-order valence-electron chi connectivity index (χ0n) is 25.0. The Labute approximate surface area is 258 Å². The summed E-state index contributed by atoms with van der Waals surface area (Å²) in [5.74, 6) is 0.878. The minimum absolute atomic E-state index is 0.0786. The Hall–Kier alpha value is -4.80. The van der Waals surface area contributed by atoms with Crippen LogP contribution < -0.4 is 10.2 Å². The zero-order valence-corrected chi connectivity index (χ0v) is 25.9. The number of benzene rings is 4. The van der Waals surface area contributed by atoms with Crippen molar-refractivity contribution >= 4 is 30.7 Å². The van der Waals surface area contributed by atoms with Crippen molar-refractivity contribution in [3.05, 3.63) is 143 Å². The van der Waals surface area contributed by atoms with Gasteiger partial charge in [-0.3, -0.25) is 4.57 Å². The molecule has 0 radical (unpaired) electrons. The molecule has 0 atom stereocenters. The summed E-state index contributed by atoms with van der Waals surface area (Å²) in [6, 6.07) is 34.4. The van der Waals surface area contributed by atoms with Crippen LogP contribution in [-0.2, 0) is 26.8 Å². The Morgan fingerprint density at radius 3 is 1.93 bits per heavy atom. The number of nitrogens with one attached hydrogen (secondary N) is 1. The average molecular weight is 604 g/mol.